The maximum atomic E-state index is 11.8. The highest BCUT2D eigenvalue weighted by atomic mass is 79.9. The van der Waals surface area contributed by atoms with Crippen molar-refractivity contribution in [2.75, 3.05) is 7.05 Å². The van der Waals surface area contributed by atoms with Crippen LogP contribution in [0.25, 0.3) is 0 Å². The van der Waals surface area contributed by atoms with Gasteiger partial charge < -0.3 is 0 Å². The lowest BCUT2D eigenvalue weighted by molar-refractivity contribution is -0.137. The zero-order valence-corrected chi connectivity index (χ0v) is 11.7. The minimum absolute atomic E-state index is 0.0515. The molecule has 1 aromatic carbocycles. The van der Waals surface area contributed by atoms with Crippen molar-refractivity contribution in [3.8, 4) is 0 Å². The normalized spacial score (nSPS) is 18.8. The molecular weight excluding hydrogens is 314 g/mol. The summed E-state index contributed by atoms with van der Waals surface area (Å²) < 4.78 is 0.871. The Hall–Kier alpha value is -1.73. The summed E-state index contributed by atoms with van der Waals surface area (Å²) >= 11 is 3.27. The molecule has 1 aliphatic heterocycles. The Morgan fingerprint density at radius 2 is 1.95 bits per heavy atom. The van der Waals surface area contributed by atoms with Crippen molar-refractivity contribution in [1.82, 2.24) is 15.8 Å². The molecule has 0 aliphatic carbocycles. The number of nitrogens with one attached hydrogen (secondary N) is 2. The van der Waals surface area contributed by atoms with Crippen LogP contribution >= 0.6 is 15.9 Å². The number of carbonyl (C=O) groups is 3. The summed E-state index contributed by atoms with van der Waals surface area (Å²) in [5, 5.41) is 0. The van der Waals surface area contributed by atoms with Gasteiger partial charge in [0.05, 0.1) is 6.42 Å². The molecule has 1 atom stereocenters. The van der Waals surface area contributed by atoms with E-state index < -0.39 is 6.04 Å². The molecule has 0 saturated carbocycles. The van der Waals surface area contributed by atoms with Gasteiger partial charge in [0, 0.05) is 17.1 Å². The van der Waals surface area contributed by atoms with Gasteiger partial charge in [0.1, 0.15) is 6.04 Å². The molecule has 0 unspecified atom stereocenters. The predicted octanol–water partition coefficient (Wildman–Crippen LogP) is 0.441. The van der Waals surface area contributed by atoms with E-state index in [4.69, 9.17) is 0 Å². The van der Waals surface area contributed by atoms with Crippen LogP contribution in [0.5, 0.6) is 0 Å². The lowest BCUT2D eigenvalue weighted by Gasteiger charge is -2.12. The second-order valence-corrected chi connectivity index (χ2v) is 5.07. The Morgan fingerprint density at radius 1 is 1.32 bits per heavy atom. The molecule has 1 heterocycles. The number of imide groups is 1. The largest absolute Gasteiger partial charge is 0.287 e. The number of halogens is 1. The van der Waals surface area contributed by atoms with E-state index >= 15 is 0 Å². The third kappa shape index (κ3) is 2.99. The standard InChI is InChI=1S/C12H12BrN3O3/c1-16-10(17)6-9(12(16)19)14-15-11(18)7-2-4-8(13)5-3-7/h2-5,9,14H,6H2,1H3,(H,15,18)/t9-/m0/s1. The molecule has 7 heteroatoms. The Kier molecular flexibility index (Phi) is 3.96. The Balaban J connectivity index is 1.93. The van der Waals surface area contributed by atoms with Crippen LogP contribution in [0, 0.1) is 0 Å². The molecule has 1 saturated heterocycles. The van der Waals surface area contributed by atoms with Crippen LogP contribution in [0.1, 0.15) is 16.8 Å². The minimum atomic E-state index is -0.697. The van der Waals surface area contributed by atoms with Crippen LogP contribution in [0.4, 0.5) is 0 Å². The van der Waals surface area contributed by atoms with Gasteiger partial charge in [-0.25, -0.2) is 5.43 Å². The number of carbonyl (C=O) groups excluding carboxylic acids is 3. The zero-order chi connectivity index (χ0) is 14.0. The highest BCUT2D eigenvalue weighted by Gasteiger charge is 2.36. The first kappa shape index (κ1) is 13.7. The van der Waals surface area contributed by atoms with Crippen LogP contribution < -0.4 is 10.9 Å². The topological polar surface area (TPSA) is 78.5 Å². The van der Waals surface area contributed by atoms with Crippen molar-refractivity contribution in [3.63, 3.8) is 0 Å². The third-order valence-corrected chi connectivity index (χ3v) is 3.38. The SMILES string of the molecule is CN1C(=O)C[C@H](NNC(=O)c2ccc(Br)cc2)C1=O. The monoisotopic (exact) mass is 325 g/mol. The van der Waals surface area contributed by atoms with E-state index in [0.29, 0.717) is 5.56 Å². The molecule has 0 spiro atoms. The molecule has 1 fully saturated rings. The second-order valence-electron chi connectivity index (χ2n) is 4.15. The maximum absolute atomic E-state index is 11.8. The molecule has 0 bridgehead atoms. The molecule has 3 amide bonds. The smallest absolute Gasteiger partial charge is 0.265 e. The van der Waals surface area contributed by atoms with Crippen LogP contribution in [-0.4, -0.2) is 35.7 Å². The van der Waals surface area contributed by atoms with E-state index in [2.05, 4.69) is 26.8 Å². The molecular formula is C12H12BrN3O3. The Bertz CT molecular complexity index is 530. The van der Waals surface area contributed by atoms with Gasteiger partial charge in [0.15, 0.2) is 0 Å². The van der Waals surface area contributed by atoms with Crippen molar-refractivity contribution in [3.05, 3.63) is 34.3 Å². The van der Waals surface area contributed by atoms with Crippen molar-refractivity contribution < 1.29 is 14.4 Å². The number of nitrogens with zero attached hydrogens (tertiary/aromatic N) is 1. The number of benzene rings is 1. The lowest BCUT2D eigenvalue weighted by Crippen LogP contribution is -2.47. The average molecular weight is 326 g/mol. The van der Waals surface area contributed by atoms with E-state index in [1.165, 1.54) is 7.05 Å². The molecule has 0 aromatic heterocycles. The van der Waals surface area contributed by atoms with Gasteiger partial charge in [-0.05, 0) is 24.3 Å². The number of amides is 3. The van der Waals surface area contributed by atoms with E-state index in [1.54, 1.807) is 24.3 Å². The summed E-state index contributed by atoms with van der Waals surface area (Å²) in [5.74, 6) is -0.969. The van der Waals surface area contributed by atoms with Gasteiger partial charge in [-0.15, -0.1) is 0 Å². The summed E-state index contributed by atoms with van der Waals surface area (Å²) in [6.45, 7) is 0. The summed E-state index contributed by atoms with van der Waals surface area (Å²) in [6.07, 6.45) is 0.0515. The van der Waals surface area contributed by atoms with Gasteiger partial charge >= 0.3 is 0 Å². The molecule has 0 radical (unpaired) electrons. The van der Waals surface area contributed by atoms with Crippen molar-refractivity contribution in [1.29, 1.82) is 0 Å². The predicted molar refractivity (Wildman–Crippen MR) is 70.9 cm³/mol. The average Bonchev–Trinajstić information content (AvgIpc) is 2.64. The minimum Gasteiger partial charge on any atom is -0.287 e. The van der Waals surface area contributed by atoms with E-state index in [1.807, 2.05) is 0 Å². The molecule has 100 valence electrons. The van der Waals surface area contributed by atoms with Crippen LogP contribution in [0.3, 0.4) is 0 Å². The van der Waals surface area contributed by atoms with Crippen molar-refractivity contribution in [2.24, 2.45) is 0 Å². The highest BCUT2D eigenvalue weighted by Crippen LogP contribution is 2.11. The molecule has 19 heavy (non-hydrogen) atoms. The van der Waals surface area contributed by atoms with Gasteiger partial charge in [0.25, 0.3) is 5.91 Å². The molecule has 6 nitrogen and oxygen atoms in total. The van der Waals surface area contributed by atoms with Crippen LogP contribution in [0.2, 0.25) is 0 Å². The van der Waals surface area contributed by atoms with Gasteiger partial charge in [0.2, 0.25) is 11.8 Å². The number of hydrogen-bond acceptors (Lipinski definition) is 4. The number of likely N-dealkylation sites (N-methyl/N-ethyl adjacent to an activating group) is 1. The maximum Gasteiger partial charge on any atom is 0.265 e. The quantitative estimate of drug-likeness (QED) is 0.624. The fraction of sp³-hybridized carbons (Fsp3) is 0.250. The van der Waals surface area contributed by atoms with E-state index in [9.17, 15) is 14.4 Å². The highest BCUT2D eigenvalue weighted by molar-refractivity contribution is 9.10. The van der Waals surface area contributed by atoms with Crippen LogP contribution in [-0.2, 0) is 9.59 Å². The fourth-order valence-electron chi connectivity index (χ4n) is 1.69. The first-order chi connectivity index (χ1) is 8.99. The molecule has 1 aliphatic rings. The second kappa shape index (κ2) is 5.50. The summed E-state index contributed by atoms with van der Waals surface area (Å²) in [6, 6.07) is 6.08. The first-order valence-electron chi connectivity index (χ1n) is 5.61. The van der Waals surface area contributed by atoms with E-state index in [0.717, 1.165) is 9.37 Å². The van der Waals surface area contributed by atoms with Gasteiger partial charge in [-0.1, -0.05) is 15.9 Å². The number of hydrogen-bond donors (Lipinski definition) is 2. The number of rotatable bonds is 3. The molecule has 1 aromatic rings. The van der Waals surface area contributed by atoms with Crippen molar-refractivity contribution >= 4 is 33.7 Å². The van der Waals surface area contributed by atoms with E-state index in [-0.39, 0.29) is 24.1 Å². The Morgan fingerprint density at radius 3 is 2.47 bits per heavy atom. The number of hydrazine groups is 1. The van der Waals surface area contributed by atoms with Gasteiger partial charge in [-0.3, -0.25) is 24.7 Å². The molecule has 2 rings (SSSR count). The Labute approximate surface area is 118 Å². The zero-order valence-electron chi connectivity index (χ0n) is 10.1. The molecule has 2 N–H and O–H groups in total. The van der Waals surface area contributed by atoms with Crippen LogP contribution in [0.15, 0.2) is 28.7 Å². The van der Waals surface area contributed by atoms with Crippen molar-refractivity contribution in [2.45, 2.75) is 12.5 Å². The van der Waals surface area contributed by atoms with Gasteiger partial charge in [-0.2, -0.15) is 0 Å². The first-order valence-corrected chi connectivity index (χ1v) is 6.40. The fourth-order valence-corrected chi connectivity index (χ4v) is 1.96. The summed E-state index contributed by atoms with van der Waals surface area (Å²) in [7, 11) is 1.42. The summed E-state index contributed by atoms with van der Waals surface area (Å²) in [5.41, 5.74) is 5.47. The third-order valence-electron chi connectivity index (χ3n) is 2.85. The number of likely N-dealkylation sites (tertiary alicyclic amines) is 1. The summed E-state index contributed by atoms with van der Waals surface area (Å²) in [4.78, 5) is 35.7. The lowest BCUT2D eigenvalue weighted by atomic mass is 10.2.